The van der Waals surface area contributed by atoms with E-state index in [0.29, 0.717) is 0 Å². The molecule has 2 aromatic heterocycles. The minimum Gasteiger partial charge on any atom is -0.236 e. The highest BCUT2D eigenvalue weighted by Gasteiger charge is 2.26. The predicted octanol–water partition coefficient (Wildman–Crippen LogP) is 19.0. The molecule has 0 aliphatic heterocycles. The van der Waals surface area contributed by atoms with Gasteiger partial charge in [0.1, 0.15) is 10.0 Å². The van der Waals surface area contributed by atoms with Gasteiger partial charge in [0.2, 0.25) is 0 Å². The van der Waals surface area contributed by atoms with Gasteiger partial charge in [-0.2, -0.15) is 0 Å². The Labute approximate surface area is 406 Å². The second-order valence-electron chi connectivity index (χ2n) is 20.1. The van der Waals surface area contributed by atoms with E-state index in [9.17, 15) is 0 Å². The predicted molar refractivity (Wildman–Crippen MR) is 295 cm³/mol. The molecule has 0 saturated carbocycles. The highest BCUT2D eigenvalue weighted by Crippen LogP contribution is 2.54. The SMILES string of the molecule is CC(C)(C)c1ccc2nc(-c3ccc(-c4c5ccccc5c(-c5ccc(-c6nc7ccc(C(C)(C)C)cc7s6)cc5)c5c(-c6ccccc6)c6ccccc6c(-c6ccccc6)c45)cc3)sc2c1. The van der Waals surface area contributed by atoms with Crippen molar-refractivity contribution < 1.29 is 0 Å². The monoisotopic (exact) mass is 910 g/mol. The van der Waals surface area contributed by atoms with Crippen LogP contribution in [0.2, 0.25) is 0 Å². The number of fused-ring (bicyclic) bond motifs is 5. The smallest absolute Gasteiger partial charge is 0.124 e. The fourth-order valence-electron chi connectivity index (χ4n) is 10.1. The van der Waals surface area contributed by atoms with Crippen LogP contribution in [0.3, 0.4) is 0 Å². The molecule has 0 spiro atoms. The highest BCUT2D eigenvalue weighted by atomic mass is 32.1. The number of benzene rings is 10. The Balaban J connectivity index is 1.14. The van der Waals surface area contributed by atoms with Crippen molar-refractivity contribution in [1.82, 2.24) is 9.97 Å². The van der Waals surface area contributed by atoms with E-state index < -0.39 is 0 Å². The lowest BCUT2D eigenvalue weighted by Crippen LogP contribution is -2.10. The minimum absolute atomic E-state index is 0.0724. The van der Waals surface area contributed by atoms with Crippen LogP contribution in [0.5, 0.6) is 0 Å². The van der Waals surface area contributed by atoms with Crippen molar-refractivity contribution in [2.45, 2.75) is 52.4 Å². The zero-order chi connectivity index (χ0) is 46.3. The van der Waals surface area contributed by atoms with E-state index in [0.717, 1.165) is 32.2 Å². The van der Waals surface area contributed by atoms with Crippen LogP contribution in [-0.2, 0) is 10.8 Å². The van der Waals surface area contributed by atoms with Crippen LogP contribution < -0.4 is 0 Å². The van der Waals surface area contributed by atoms with Gasteiger partial charge in [0, 0.05) is 11.1 Å². The van der Waals surface area contributed by atoms with E-state index in [2.05, 4.69) is 236 Å². The van der Waals surface area contributed by atoms with Crippen molar-refractivity contribution in [3.63, 3.8) is 0 Å². The molecule has 0 atom stereocenters. The second-order valence-corrected chi connectivity index (χ2v) is 22.2. The molecule has 68 heavy (non-hydrogen) atoms. The maximum Gasteiger partial charge on any atom is 0.124 e. The Morgan fingerprint density at radius 3 is 0.926 bits per heavy atom. The topological polar surface area (TPSA) is 25.8 Å². The average molecular weight is 911 g/mol. The summed E-state index contributed by atoms with van der Waals surface area (Å²) in [6.45, 7) is 13.6. The molecule has 12 aromatic rings. The Bertz CT molecular complexity index is 3630. The van der Waals surface area contributed by atoms with E-state index in [-0.39, 0.29) is 10.8 Å². The van der Waals surface area contributed by atoms with E-state index in [1.165, 1.54) is 97.4 Å². The number of hydrogen-bond donors (Lipinski definition) is 0. The Kier molecular flexibility index (Phi) is 10.1. The summed E-state index contributed by atoms with van der Waals surface area (Å²) >= 11 is 3.55. The molecule has 12 rings (SSSR count). The first kappa shape index (κ1) is 42.1. The van der Waals surface area contributed by atoms with E-state index in [1.807, 2.05) is 0 Å². The lowest BCUT2D eigenvalue weighted by atomic mass is 9.77. The molecule has 0 unspecified atom stereocenters. The minimum atomic E-state index is 0.0724. The molecule has 2 nitrogen and oxygen atoms in total. The van der Waals surface area contributed by atoms with Crippen molar-refractivity contribution in [2.75, 3.05) is 0 Å². The van der Waals surface area contributed by atoms with Crippen LogP contribution in [0.25, 0.3) is 118 Å². The first-order valence-corrected chi connectivity index (χ1v) is 25.2. The van der Waals surface area contributed by atoms with E-state index in [4.69, 9.17) is 9.97 Å². The van der Waals surface area contributed by atoms with Crippen LogP contribution >= 0.6 is 22.7 Å². The first-order valence-electron chi connectivity index (χ1n) is 23.6. The van der Waals surface area contributed by atoms with Gasteiger partial charge in [0.05, 0.1) is 20.4 Å². The molecule has 328 valence electrons. The molecule has 0 N–H and O–H groups in total. The molecule has 2 heterocycles. The van der Waals surface area contributed by atoms with E-state index in [1.54, 1.807) is 22.7 Å². The molecule has 0 radical (unpaired) electrons. The summed E-state index contributed by atoms with van der Waals surface area (Å²) in [7, 11) is 0. The van der Waals surface area contributed by atoms with Crippen LogP contribution in [0.4, 0.5) is 0 Å². The molecule has 0 fully saturated rings. The lowest BCUT2D eigenvalue weighted by Gasteiger charge is -2.25. The fourth-order valence-corrected chi connectivity index (χ4v) is 12.1. The number of hydrogen-bond acceptors (Lipinski definition) is 4. The van der Waals surface area contributed by atoms with Crippen LogP contribution in [0.1, 0.15) is 52.7 Å². The maximum absolute atomic E-state index is 5.15. The Morgan fingerprint density at radius 1 is 0.309 bits per heavy atom. The third-order valence-corrected chi connectivity index (χ3v) is 15.8. The number of aromatic nitrogens is 2. The van der Waals surface area contributed by atoms with Crippen molar-refractivity contribution in [1.29, 1.82) is 0 Å². The third-order valence-electron chi connectivity index (χ3n) is 13.7. The summed E-state index contributed by atoms with van der Waals surface area (Å²) in [4.78, 5) is 10.3. The fraction of sp³-hybridized carbons (Fsp3) is 0.125. The van der Waals surface area contributed by atoms with Gasteiger partial charge in [-0.25, -0.2) is 9.97 Å². The van der Waals surface area contributed by atoms with Gasteiger partial charge in [0.15, 0.2) is 0 Å². The third kappa shape index (κ3) is 7.22. The normalized spacial score (nSPS) is 12.3. The molecule has 0 saturated heterocycles. The summed E-state index contributed by atoms with van der Waals surface area (Å²) in [5.41, 5.74) is 16.8. The molecule has 0 bridgehead atoms. The van der Waals surface area contributed by atoms with Gasteiger partial charge in [-0.3, -0.25) is 0 Å². The van der Waals surface area contributed by atoms with Crippen molar-refractivity contribution in [3.05, 3.63) is 205 Å². The Morgan fingerprint density at radius 2 is 0.603 bits per heavy atom. The molecule has 0 aliphatic carbocycles. The van der Waals surface area contributed by atoms with Crippen LogP contribution in [0, 0.1) is 0 Å². The van der Waals surface area contributed by atoms with Gasteiger partial charge in [-0.15, -0.1) is 22.7 Å². The van der Waals surface area contributed by atoms with Gasteiger partial charge in [-0.1, -0.05) is 211 Å². The van der Waals surface area contributed by atoms with Crippen molar-refractivity contribution in [3.8, 4) is 65.6 Å². The number of nitrogens with zero attached hydrogens (tertiary/aromatic N) is 2. The van der Waals surface area contributed by atoms with Crippen LogP contribution in [-0.4, -0.2) is 9.97 Å². The van der Waals surface area contributed by atoms with Gasteiger partial charge in [-0.05, 0) is 123 Å². The number of thiazole rings is 2. The van der Waals surface area contributed by atoms with Gasteiger partial charge < -0.3 is 0 Å². The molecule has 10 aromatic carbocycles. The molecular formula is C64H50N2S2. The summed E-state index contributed by atoms with van der Waals surface area (Å²) in [6.07, 6.45) is 0. The summed E-state index contributed by atoms with van der Waals surface area (Å²) in [5, 5.41) is 9.46. The van der Waals surface area contributed by atoms with E-state index >= 15 is 0 Å². The summed E-state index contributed by atoms with van der Waals surface area (Å²) in [5.74, 6) is 0. The highest BCUT2D eigenvalue weighted by molar-refractivity contribution is 7.22. The average Bonchev–Trinajstić information content (AvgIpc) is 4.00. The van der Waals surface area contributed by atoms with Crippen molar-refractivity contribution >= 4 is 75.4 Å². The quantitative estimate of drug-likeness (QED) is 0.155. The Hall–Kier alpha value is -7.24. The molecular weight excluding hydrogens is 861 g/mol. The van der Waals surface area contributed by atoms with Crippen molar-refractivity contribution in [2.24, 2.45) is 0 Å². The maximum atomic E-state index is 5.15. The van der Waals surface area contributed by atoms with Gasteiger partial charge in [0.25, 0.3) is 0 Å². The molecule has 0 amide bonds. The van der Waals surface area contributed by atoms with Crippen LogP contribution in [0.15, 0.2) is 194 Å². The molecule has 0 aliphatic rings. The zero-order valence-corrected chi connectivity index (χ0v) is 40.8. The first-order chi connectivity index (χ1) is 33.0. The molecule has 4 heteroatoms. The summed E-state index contributed by atoms with van der Waals surface area (Å²) < 4.78 is 2.44. The largest absolute Gasteiger partial charge is 0.236 e. The summed E-state index contributed by atoms with van der Waals surface area (Å²) in [6, 6.07) is 72.0. The number of rotatable bonds is 6. The van der Waals surface area contributed by atoms with Gasteiger partial charge >= 0.3 is 0 Å². The standard InChI is InChI=1S/C64H50N2S2/c1-63(2,3)45-33-35-51-53(37-45)67-61(65-51)43-29-25-41(26-30-43)57-49-23-15-16-24-50(49)58(42-27-31-44(32-28-42)62-66-52-36-34-46(64(4,5)6)38-54(52)68-62)60-56(40-19-11-8-12-20-40)48-22-14-13-21-47(48)55(59(57)60)39-17-9-7-10-18-39/h7-38H,1-6H3. The second kappa shape index (κ2) is 16.2. The lowest BCUT2D eigenvalue weighted by molar-refractivity contribution is 0.591. The zero-order valence-electron chi connectivity index (χ0n) is 39.2.